The van der Waals surface area contributed by atoms with Crippen molar-refractivity contribution in [2.24, 2.45) is 0 Å². The molecule has 0 aromatic heterocycles. The van der Waals surface area contributed by atoms with Gasteiger partial charge in [0.15, 0.2) is 11.6 Å². The first-order valence-electron chi connectivity index (χ1n) is 9.73. The third-order valence-corrected chi connectivity index (χ3v) is 5.31. The Balaban J connectivity index is 1.64. The molecule has 1 aliphatic rings. The molecule has 0 saturated carbocycles. The number of hydrogen-bond donors (Lipinski definition) is 1. The number of anilines is 1. The fourth-order valence-corrected chi connectivity index (χ4v) is 3.68. The van der Waals surface area contributed by atoms with E-state index in [4.69, 9.17) is 9.47 Å². The first-order chi connectivity index (χ1) is 14.6. The van der Waals surface area contributed by atoms with Crippen LogP contribution in [-0.4, -0.2) is 31.6 Å². The predicted octanol–water partition coefficient (Wildman–Crippen LogP) is 4.65. The van der Waals surface area contributed by atoms with E-state index in [-0.39, 0.29) is 11.7 Å². The molecule has 5 nitrogen and oxygen atoms in total. The number of carbonyl (C=O) groups excluding carboxylic acids is 1. The molecule has 6 heteroatoms. The Hall–Kier alpha value is -3.54. The summed E-state index contributed by atoms with van der Waals surface area (Å²) in [5, 5.41) is 3.39. The minimum atomic E-state index is -0.481. The molecule has 1 N–H and O–H groups in total. The lowest BCUT2D eigenvalue weighted by Crippen LogP contribution is -2.44. The van der Waals surface area contributed by atoms with Crippen LogP contribution < -0.4 is 14.8 Å². The number of benzene rings is 3. The molecule has 1 heterocycles. The highest BCUT2D eigenvalue weighted by Crippen LogP contribution is 2.34. The fraction of sp³-hybridized carbons (Fsp3) is 0.208. The van der Waals surface area contributed by atoms with Crippen molar-refractivity contribution in [2.45, 2.75) is 12.6 Å². The zero-order chi connectivity index (χ0) is 21.1. The Labute approximate surface area is 175 Å². The summed E-state index contributed by atoms with van der Waals surface area (Å²) in [7, 11) is 3.06. The lowest BCUT2D eigenvalue weighted by Gasteiger charge is -2.38. The summed E-state index contributed by atoms with van der Waals surface area (Å²) in [6.45, 7) is 0.477. The number of carbonyl (C=O) groups is 1. The molecule has 1 aliphatic heterocycles. The van der Waals surface area contributed by atoms with Gasteiger partial charge in [-0.1, -0.05) is 30.3 Å². The molecule has 0 spiro atoms. The van der Waals surface area contributed by atoms with Crippen molar-refractivity contribution in [1.82, 2.24) is 4.90 Å². The maximum atomic E-state index is 14.4. The minimum Gasteiger partial charge on any atom is -0.497 e. The molecule has 4 rings (SSSR count). The van der Waals surface area contributed by atoms with Crippen LogP contribution in [0.2, 0.25) is 0 Å². The zero-order valence-corrected chi connectivity index (χ0v) is 16.9. The van der Waals surface area contributed by atoms with Gasteiger partial charge < -0.3 is 19.7 Å². The molecule has 3 aromatic rings. The van der Waals surface area contributed by atoms with Crippen molar-refractivity contribution in [2.75, 3.05) is 26.1 Å². The molecule has 1 atom stereocenters. The maximum absolute atomic E-state index is 14.4. The number of amides is 1. The number of fused-ring (bicyclic) bond motifs is 1. The van der Waals surface area contributed by atoms with Crippen LogP contribution in [0, 0.1) is 5.82 Å². The van der Waals surface area contributed by atoms with Gasteiger partial charge >= 0.3 is 0 Å². The minimum absolute atomic E-state index is 0.0842. The summed E-state index contributed by atoms with van der Waals surface area (Å²) in [5.74, 6) is 0.415. The van der Waals surface area contributed by atoms with Crippen molar-refractivity contribution < 1.29 is 18.7 Å². The van der Waals surface area contributed by atoms with Crippen molar-refractivity contribution in [3.05, 3.63) is 89.2 Å². The van der Waals surface area contributed by atoms with E-state index in [0.717, 1.165) is 17.0 Å². The van der Waals surface area contributed by atoms with Crippen molar-refractivity contribution in [3.8, 4) is 11.5 Å². The number of ether oxygens (including phenoxy) is 2. The van der Waals surface area contributed by atoms with E-state index in [0.29, 0.717) is 24.1 Å². The summed E-state index contributed by atoms with van der Waals surface area (Å²) < 4.78 is 24.6. The molecule has 30 heavy (non-hydrogen) atoms. The van der Waals surface area contributed by atoms with Gasteiger partial charge in [-0.2, -0.15) is 0 Å². The second kappa shape index (κ2) is 8.45. The number of nitrogens with zero attached hydrogens (tertiary/aromatic N) is 1. The van der Waals surface area contributed by atoms with Crippen LogP contribution in [0.25, 0.3) is 0 Å². The Kier molecular flexibility index (Phi) is 5.57. The van der Waals surface area contributed by atoms with E-state index in [9.17, 15) is 9.18 Å². The highest BCUT2D eigenvalue weighted by molar-refractivity contribution is 6.01. The van der Waals surface area contributed by atoms with Gasteiger partial charge in [-0.05, 0) is 53.9 Å². The summed E-state index contributed by atoms with van der Waals surface area (Å²) >= 11 is 0. The Morgan fingerprint density at radius 3 is 2.47 bits per heavy atom. The van der Waals surface area contributed by atoms with E-state index in [1.54, 1.807) is 30.2 Å². The Morgan fingerprint density at radius 2 is 1.77 bits per heavy atom. The highest BCUT2D eigenvalue weighted by atomic mass is 19.1. The summed E-state index contributed by atoms with van der Waals surface area (Å²) in [5.41, 5.74) is 3.09. The molecule has 0 fully saturated rings. The van der Waals surface area contributed by atoms with E-state index >= 15 is 0 Å². The predicted molar refractivity (Wildman–Crippen MR) is 113 cm³/mol. The summed E-state index contributed by atoms with van der Waals surface area (Å²) in [4.78, 5) is 15.0. The SMILES string of the molecule is COc1ccc(CCN2C(=O)c3ccccc3N[C@H]2c2ccc(OC)c(F)c2)cc1. The molecule has 0 bridgehead atoms. The standard InChI is InChI=1S/C24H23FN2O3/c1-29-18-10-7-16(8-11-18)13-14-27-23(17-9-12-22(30-2)20(25)15-17)26-21-6-4-3-5-19(21)24(27)28/h3-12,15,23,26H,13-14H2,1-2H3/t23-/m1/s1. The molecule has 3 aromatic carbocycles. The number of hydrogen-bond acceptors (Lipinski definition) is 4. The number of methoxy groups -OCH3 is 2. The third-order valence-electron chi connectivity index (χ3n) is 5.31. The average Bonchev–Trinajstić information content (AvgIpc) is 2.78. The van der Waals surface area contributed by atoms with Crippen molar-refractivity contribution in [1.29, 1.82) is 0 Å². The van der Waals surface area contributed by atoms with Crippen molar-refractivity contribution >= 4 is 11.6 Å². The molecule has 0 radical (unpaired) electrons. The normalized spacial score (nSPS) is 15.4. The van der Waals surface area contributed by atoms with E-state index in [2.05, 4.69) is 5.32 Å². The second-order valence-corrected chi connectivity index (χ2v) is 7.08. The number of rotatable bonds is 6. The molecule has 1 amide bonds. The quantitative estimate of drug-likeness (QED) is 0.647. The van der Waals surface area contributed by atoms with Crippen LogP contribution in [0.3, 0.4) is 0 Å². The summed E-state index contributed by atoms with van der Waals surface area (Å²) in [6, 6.07) is 19.9. The largest absolute Gasteiger partial charge is 0.497 e. The number of nitrogens with one attached hydrogen (secondary N) is 1. The van der Waals surface area contributed by atoms with E-state index in [1.165, 1.54) is 13.2 Å². The maximum Gasteiger partial charge on any atom is 0.257 e. The Morgan fingerprint density at radius 1 is 1.00 bits per heavy atom. The average molecular weight is 406 g/mol. The zero-order valence-electron chi connectivity index (χ0n) is 16.9. The Bertz CT molecular complexity index is 1050. The molecule has 0 saturated heterocycles. The van der Waals surface area contributed by atoms with E-state index in [1.807, 2.05) is 42.5 Å². The highest BCUT2D eigenvalue weighted by Gasteiger charge is 2.32. The smallest absolute Gasteiger partial charge is 0.257 e. The lowest BCUT2D eigenvalue weighted by atomic mass is 10.0. The van der Waals surface area contributed by atoms with Gasteiger partial charge in [0.1, 0.15) is 11.9 Å². The molecule has 154 valence electrons. The van der Waals surface area contributed by atoms with Crippen LogP contribution >= 0.6 is 0 Å². The first-order valence-corrected chi connectivity index (χ1v) is 9.73. The number of para-hydroxylation sites is 1. The van der Waals surface area contributed by atoms with Gasteiger partial charge in [-0.25, -0.2) is 4.39 Å². The van der Waals surface area contributed by atoms with E-state index < -0.39 is 12.0 Å². The van der Waals surface area contributed by atoms with Gasteiger partial charge in [0.05, 0.1) is 19.8 Å². The summed E-state index contributed by atoms with van der Waals surface area (Å²) in [6.07, 6.45) is 0.181. The van der Waals surface area contributed by atoms with Gasteiger partial charge in [0, 0.05) is 12.2 Å². The van der Waals surface area contributed by atoms with Crippen LogP contribution in [0.5, 0.6) is 11.5 Å². The van der Waals surface area contributed by atoms with Gasteiger partial charge in [-0.3, -0.25) is 4.79 Å². The van der Waals surface area contributed by atoms with Crippen molar-refractivity contribution in [3.63, 3.8) is 0 Å². The third kappa shape index (κ3) is 3.81. The van der Waals surface area contributed by atoms with Gasteiger partial charge in [0.25, 0.3) is 5.91 Å². The molecular formula is C24H23FN2O3. The lowest BCUT2D eigenvalue weighted by molar-refractivity contribution is 0.0685. The molecule has 0 unspecified atom stereocenters. The topological polar surface area (TPSA) is 50.8 Å². The monoisotopic (exact) mass is 406 g/mol. The van der Waals surface area contributed by atoms with Crippen LogP contribution in [-0.2, 0) is 6.42 Å². The van der Waals surface area contributed by atoms with Gasteiger partial charge in [-0.15, -0.1) is 0 Å². The fourth-order valence-electron chi connectivity index (χ4n) is 3.68. The van der Waals surface area contributed by atoms with Crippen LogP contribution in [0.15, 0.2) is 66.7 Å². The van der Waals surface area contributed by atoms with Crippen LogP contribution in [0.4, 0.5) is 10.1 Å². The molecular weight excluding hydrogens is 383 g/mol. The van der Waals surface area contributed by atoms with Gasteiger partial charge in [0.2, 0.25) is 0 Å². The second-order valence-electron chi connectivity index (χ2n) is 7.08. The first kappa shape index (κ1) is 19.8. The molecule has 0 aliphatic carbocycles. The van der Waals surface area contributed by atoms with Crippen LogP contribution in [0.1, 0.15) is 27.7 Å². The number of halogens is 1.